The minimum Gasteiger partial charge on any atom is -0.478 e. The van der Waals surface area contributed by atoms with Crippen molar-refractivity contribution >= 4 is 29.3 Å². The van der Waals surface area contributed by atoms with Gasteiger partial charge in [0.1, 0.15) is 0 Å². The Morgan fingerprint density at radius 1 is 1.50 bits per heavy atom. The number of ether oxygens (including phenoxy) is 1. The van der Waals surface area contributed by atoms with E-state index in [2.05, 4.69) is 4.90 Å². The molecule has 1 saturated heterocycles. The number of benzene rings is 1. The van der Waals surface area contributed by atoms with Crippen molar-refractivity contribution in [3.8, 4) is 0 Å². The third-order valence-electron chi connectivity index (χ3n) is 3.16. The minimum absolute atomic E-state index is 0.217. The van der Waals surface area contributed by atoms with E-state index in [1.54, 1.807) is 12.1 Å². The Morgan fingerprint density at radius 3 is 2.90 bits per heavy atom. The van der Waals surface area contributed by atoms with Crippen molar-refractivity contribution in [3.05, 3.63) is 34.9 Å². The van der Waals surface area contributed by atoms with Crippen molar-refractivity contribution in [3.63, 3.8) is 0 Å². The van der Waals surface area contributed by atoms with Crippen molar-refractivity contribution < 1.29 is 14.6 Å². The second-order valence-electron chi connectivity index (χ2n) is 5.40. The number of carboxylic acid groups (broad SMARTS) is 1. The van der Waals surface area contributed by atoms with Crippen LogP contribution in [0.4, 0.5) is 5.69 Å². The number of rotatable bonds is 3. The van der Waals surface area contributed by atoms with Crippen molar-refractivity contribution in [1.82, 2.24) is 0 Å². The van der Waals surface area contributed by atoms with Crippen LogP contribution in [0.15, 0.2) is 24.3 Å². The van der Waals surface area contributed by atoms with E-state index >= 15 is 0 Å². The fourth-order valence-electron chi connectivity index (χ4n) is 2.33. The largest absolute Gasteiger partial charge is 0.478 e. The van der Waals surface area contributed by atoms with Crippen molar-refractivity contribution in [1.29, 1.82) is 0 Å². The van der Waals surface area contributed by atoms with Crippen LogP contribution in [0, 0.1) is 0 Å². The third kappa shape index (κ3) is 3.74. The third-order valence-corrected chi connectivity index (χ3v) is 3.40. The molecule has 0 atom stereocenters. The van der Waals surface area contributed by atoms with E-state index in [0.717, 1.165) is 30.4 Å². The molecule has 1 aromatic rings. The van der Waals surface area contributed by atoms with Gasteiger partial charge >= 0.3 is 5.97 Å². The average molecular weight is 296 g/mol. The van der Waals surface area contributed by atoms with Crippen LogP contribution in [0.25, 0.3) is 6.08 Å². The molecule has 1 fully saturated rings. The lowest BCUT2D eigenvalue weighted by Crippen LogP contribution is -2.48. The SMILES string of the molecule is CC1(C)CN(c2ccc(Cl)cc2/C=C/C(=O)O)CCO1. The van der Waals surface area contributed by atoms with Gasteiger partial charge in [-0.2, -0.15) is 0 Å². The first-order valence-electron chi connectivity index (χ1n) is 6.47. The molecule has 0 bridgehead atoms. The second kappa shape index (κ2) is 5.85. The van der Waals surface area contributed by atoms with Gasteiger partial charge < -0.3 is 14.7 Å². The van der Waals surface area contributed by atoms with Crippen LogP contribution < -0.4 is 4.90 Å². The number of nitrogens with zero attached hydrogens (tertiary/aromatic N) is 1. The number of carbonyl (C=O) groups is 1. The summed E-state index contributed by atoms with van der Waals surface area (Å²) in [7, 11) is 0. The number of anilines is 1. The summed E-state index contributed by atoms with van der Waals surface area (Å²) in [5.74, 6) is -0.974. The molecule has 0 amide bonds. The van der Waals surface area contributed by atoms with Gasteiger partial charge in [-0.3, -0.25) is 0 Å². The van der Waals surface area contributed by atoms with E-state index in [1.165, 1.54) is 0 Å². The maximum Gasteiger partial charge on any atom is 0.328 e. The van der Waals surface area contributed by atoms with Gasteiger partial charge in [-0.05, 0) is 43.7 Å². The lowest BCUT2D eigenvalue weighted by Gasteiger charge is -2.40. The first-order valence-corrected chi connectivity index (χ1v) is 6.85. The summed E-state index contributed by atoms with van der Waals surface area (Å²) in [6, 6.07) is 5.52. The molecular weight excluding hydrogens is 278 g/mol. The van der Waals surface area contributed by atoms with Crippen LogP contribution in [0.3, 0.4) is 0 Å². The number of aliphatic carboxylic acids is 1. The first kappa shape index (κ1) is 14.9. The molecule has 108 valence electrons. The van der Waals surface area contributed by atoms with Crippen LogP contribution in [0.5, 0.6) is 0 Å². The maximum absolute atomic E-state index is 10.7. The standard InChI is InChI=1S/C15H18ClNO3/c1-15(2)10-17(7-8-20-15)13-5-4-12(16)9-11(13)3-6-14(18)19/h3-6,9H,7-8,10H2,1-2H3,(H,18,19)/b6-3+. The highest BCUT2D eigenvalue weighted by molar-refractivity contribution is 6.30. The number of halogens is 1. The summed E-state index contributed by atoms with van der Waals surface area (Å²) >= 11 is 6.00. The number of hydrogen-bond donors (Lipinski definition) is 1. The highest BCUT2D eigenvalue weighted by Gasteiger charge is 2.28. The molecule has 1 heterocycles. The zero-order chi connectivity index (χ0) is 14.8. The molecule has 4 nitrogen and oxygen atoms in total. The van der Waals surface area contributed by atoms with E-state index in [0.29, 0.717) is 11.6 Å². The summed E-state index contributed by atoms with van der Waals surface area (Å²) in [4.78, 5) is 12.9. The normalized spacial score (nSPS) is 18.4. The van der Waals surface area contributed by atoms with Gasteiger partial charge in [-0.25, -0.2) is 4.79 Å². The Bertz CT molecular complexity index is 540. The Hall–Kier alpha value is -1.52. The molecule has 0 aliphatic carbocycles. The second-order valence-corrected chi connectivity index (χ2v) is 5.84. The zero-order valence-corrected chi connectivity index (χ0v) is 12.4. The van der Waals surface area contributed by atoms with Gasteiger partial charge in [0.2, 0.25) is 0 Å². The molecule has 1 aliphatic heterocycles. The fourth-order valence-corrected chi connectivity index (χ4v) is 2.51. The molecule has 0 aromatic heterocycles. The molecular formula is C15H18ClNO3. The Morgan fingerprint density at radius 2 is 2.25 bits per heavy atom. The summed E-state index contributed by atoms with van der Waals surface area (Å²) < 4.78 is 5.70. The Balaban J connectivity index is 2.33. The van der Waals surface area contributed by atoms with Crippen LogP contribution in [0.1, 0.15) is 19.4 Å². The maximum atomic E-state index is 10.7. The predicted octanol–water partition coefficient (Wildman–Crippen LogP) is 3.05. The lowest BCUT2D eigenvalue weighted by molar-refractivity contribution is -0.131. The van der Waals surface area contributed by atoms with Crippen LogP contribution in [0.2, 0.25) is 5.02 Å². The minimum atomic E-state index is -0.974. The summed E-state index contributed by atoms with van der Waals surface area (Å²) in [6.07, 6.45) is 2.70. The van der Waals surface area contributed by atoms with Gasteiger partial charge in [-0.15, -0.1) is 0 Å². The van der Waals surface area contributed by atoms with E-state index in [-0.39, 0.29) is 5.60 Å². The Labute approximate surface area is 123 Å². The monoisotopic (exact) mass is 295 g/mol. The van der Waals surface area contributed by atoms with Crippen LogP contribution in [-0.4, -0.2) is 36.4 Å². The molecule has 0 saturated carbocycles. The molecule has 0 spiro atoms. The van der Waals surface area contributed by atoms with Gasteiger partial charge in [0, 0.05) is 29.9 Å². The highest BCUT2D eigenvalue weighted by atomic mass is 35.5. The van der Waals surface area contributed by atoms with Gasteiger partial charge in [-0.1, -0.05) is 11.6 Å². The molecule has 1 aromatic carbocycles. The van der Waals surface area contributed by atoms with Crippen molar-refractivity contribution in [2.45, 2.75) is 19.4 Å². The van der Waals surface area contributed by atoms with Gasteiger partial charge in [0.25, 0.3) is 0 Å². The smallest absolute Gasteiger partial charge is 0.328 e. The zero-order valence-electron chi connectivity index (χ0n) is 11.6. The van der Waals surface area contributed by atoms with E-state index in [1.807, 2.05) is 26.0 Å². The molecule has 1 aliphatic rings. The first-order chi connectivity index (χ1) is 9.37. The van der Waals surface area contributed by atoms with E-state index in [9.17, 15) is 4.79 Å². The topological polar surface area (TPSA) is 49.8 Å². The molecule has 20 heavy (non-hydrogen) atoms. The average Bonchev–Trinajstić information content (AvgIpc) is 2.35. The highest BCUT2D eigenvalue weighted by Crippen LogP contribution is 2.29. The summed E-state index contributed by atoms with van der Waals surface area (Å²) in [5.41, 5.74) is 1.56. The van der Waals surface area contributed by atoms with Gasteiger partial charge in [0.15, 0.2) is 0 Å². The van der Waals surface area contributed by atoms with Gasteiger partial charge in [0.05, 0.1) is 12.2 Å². The van der Waals surface area contributed by atoms with Crippen molar-refractivity contribution in [2.75, 3.05) is 24.6 Å². The molecule has 2 rings (SSSR count). The van der Waals surface area contributed by atoms with E-state index in [4.69, 9.17) is 21.4 Å². The number of carboxylic acids is 1. The Kier molecular flexibility index (Phi) is 4.35. The number of hydrogen-bond acceptors (Lipinski definition) is 3. The van der Waals surface area contributed by atoms with E-state index < -0.39 is 5.97 Å². The quantitative estimate of drug-likeness (QED) is 0.871. The fraction of sp³-hybridized carbons (Fsp3) is 0.400. The molecule has 0 unspecified atom stereocenters. The molecule has 0 radical (unpaired) electrons. The van der Waals surface area contributed by atoms with Crippen molar-refractivity contribution in [2.24, 2.45) is 0 Å². The number of morpholine rings is 1. The van der Waals surface area contributed by atoms with Crippen LogP contribution >= 0.6 is 11.6 Å². The lowest BCUT2D eigenvalue weighted by atomic mass is 10.0. The predicted molar refractivity (Wildman–Crippen MR) is 80.4 cm³/mol. The molecule has 5 heteroatoms. The summed E-state index contributed by atoms with van der Waals surface area (Å²) in [6.45, 7) is 6.27. The van der Waals surface area contributed by atoms with Crippen LogP contribution in [-0.2, 0) is 9.53 Å². The summed E-state index contributed by atoms with van der Waals surface area (Å²) in [5, 5.41) is 9.36. The molecule has 1 N–H and O–H groups in total.